The Bertz CT molecular complexity index is 1170. The molecule has 0 amide bonds. The Morgan fingerprint density at radius 2 is 2.00 bits per heavy atom. The zero-order valence-corrected chi connectivity index (χ0v) is 17.4. The molecule has 4 aromatic rings. The number of fused-ring (bicyclic) bond motifs is 1. The molecule has 0 atom stereocenters. The lowest BCUT2D eigenvalue weighted by Crippen LogP contribution is -2.07. The minimum absolute atomic E-state index is 0.197. The standard InChI is InChI=1S/C21H18ClN3O3S/c1-3-12-5-10-15-16(11-12)29-21(23-15)24-19-17(20(26)27-4-2)18(25-28-19)13-6-8-14(22)9-7-13/h5-11H,3-4H2,1-2H3,(H,23,24). The number of ether oxygens (including phenoxy) is 1. The molecule has 6 nitrogen and oxygen atoms in total. The summed E-state index contributed by atoms with van der Waals surface area (Å²) >= 11 is 7.45. The van der Waals surface area contributed by atoms with Crippen LogP contribution in [0.3, 0.4) is 0 Å². The van der Waals surface area contributed by atoms with E-state index >= 15 is 0 Å². The van der Waals surface area contributed by atoms with Crippen LogP contribution in [-0.4, -0.2) is 22.7 Å². The molecule has 0 spiro atoms. The minimum atomic E-state index is -0.518. The molecule has 0 aliphatic carbocycles. The Labute approximate surface area is 176 Å². The summed E-state index contributed by atoms with van der Waals surface area (Å²) in [5.41, 5.74) is 3.43. The molecule has 0 radical (unpaired) electrons. The van der Waals surface area contributed by atoms with Gasteiger partial charge in [0, 0.05) is 10.6 Å². The van der Waals surface area contributed by atoms with E-state index in [2.05, 4.69) is 34.5 Å². The molecule has 29 heavy (non-hydrogen) atoms. The zero-order chi connectivity index (χ0) is 20.4. The molecule has 0 saturated heterocycles. The first-order chi connectivity index (χ1) is 14.1. The minimum Gasteiger partial charge on any atom is -0.462 e. The molecule has 0 aliphatic heterocycles. The summed E-state index contributed by atoms with van der Waals surface area (Å²) in [6.07, 6.45) is 0.955. The number of nitrogens with zero attached hydrogens (tertiary/aromatic N) is 2. The van der Waals surface area contributed by atoms with Crippen molar-refractivity contribution in [1.29, 1.82) is 0 Å². The predicted molar refractivity (Wildman–Crippen MR) is 115 cm³/mol. The number of esters is 1. The van der Waals surface area contributed by atoms with Crippen LogP contribution in [0.1, 0.15) is 29.8 Å². The molecule has 0 bridgehead atoms. The quantitative estimate of drug-likeness (QED) is 0.375. The van der Waals surface area contributed by atoms with Gasteiger partial charge in [-0.2, -0.15) is 0 Å². The zero-order valence-electron chi connectivity index (χ0n) is 15.9. The summed E-state index contributed by atoms with van der Waals surface area (Å²) in [5.74, 6) is -0.321. The fourth-order valence-corrected chi connectivity index (χ4v) is 3.96. The average molecular weight is 428 g/mol. The molecule has 4 rings (SSSR count). The molecule has 0 unspecified atom stereocenters. The van der Waals surface area contributed by atoms with Gasteiger partial charge in [-0.15, -0.1) is 0 Å². The molecular weight excluding hydrogens is 410 g/mol. The van der Waals surface area contributed by atoms with Crippen molar-refractivity contribution in [3.63, 3.8) is 0 Å². The highest BCUT2D eigenvalue weighted by atomic mass is 35.5. The molecule has 148 valence electrons. The number of thiazole rings is 1. The SMILES string of the molecule is CCOC(=O)c1c(-c2ccc(Cl)cc2)noc1Nc1nc2ccc(CC)cc2s1. The van der Waals surface area contributed by atoms with Crippen LogP contribution in [0.15, 0.2) is 47.0 Å². The summed E-state index contributed by atoms with van der Waals surface area (Å²) in [6, 6.07) is 13.2. The van der Waals surface area contributed by atoms with Crippen LogP contribution in [-0.2, 0) is 11.2 Å². The first-order valence-electron chi connectivity index (χ1n) is 9.18. The normalized spacial score (nSPS) is 11.0. The highest BCUT2D eigenvalue weighted by Gasteiger charge is 2.26. The number of benzene rings is 2. The van der Waals surface area contributed by atoms with Crippen LogP contribution in [0.4, 0.5) is 11.0 Å². The van der Waals surface area contributed by atoms with E-state index in [9.17, 15) is 4.79 Å². The summed E-state index contributed by atoms with van der Waals surface area (Å²) < 4.78 is 11.7. The molecule has 8 heteroatoms. The van der Waals surface area contributed by atoms with Crippen molar-refractivity contribution in [3.05, 3.63) is 58.6 Å². The van der Waals surface area contributed by atoms with Crippen LogP contribution < -0.4 is 5.32 Å². The second kappa shape index (κ2) is 8.23. The van der Waals surface area contributed by atoms with Gasteiger partial charge in [0.2, 0.25) is 5.88 Å². The van der Waals surface area contributed by atoms with Crippen molar-refractivity contribution in [3.8, 4) is 11.3 Å². The van der Waals surface area contributed by atoms with Gasteiger partial charge in [-0.3, -0.25) is 5.32 Å². The summed E-state index contributed by atoms with van der Waals surface area (Å²) in [7, 11) is 0. The maximum atomic E-state index is 12.6. The van der Waals surface area contributed by atoms with E-state index in [1.807, 2.05) is 6.07 Å². The maximum Gasteiger partial charge on any atom is 0.346 e. The van der Waals surface area contributed by atoms with Crippen molar-refractivity contribution in [2.45, 2.75) is 20.3 Å². The molecular formula is C21H18ClN3O3S. The number of rotatable bonds is 6. The Balaban J connectivity index is 1.73. The molecule has 1 N–H and O–H groups in total. The van der Waals surface area contributed by atoms with E-state index in [0.29, 0.717) is 21.4 Å². The third-order valence-electron chi connectivity index (χ3n) is 4.37. The van der Waals surface area contributed by atoms with E-state index in [4.69, 9.17) is 20.9 Å². The lowest BCUT2D eigenvalue weighted by molar-refractivity contribution is 0.0528. The second-order valence-electron chi connectivity index (χ2n) is 6.26. The predicted octanol–water partition coefficient (Wildman–Crippen LogP) is 6.09. The smallest absolute Gasteiger partial charge is 0.346 e. The van der Waals surface area contributed by atoms with Gasteiger partial charge in [-0.25, -0.2) is 9.78 Å². The van der Waals surface area contributed by atoms with Crippen LogP contribution in [0, 0.1) is 0 Å². The Hall–Kier alpha value is -2.90. The second-order valence-corrected chi connectivity index (χ2v) is 7.73. The highest BCUT2D eigenvalue weighted by Crippen LogP contribution is 2.34. The number of hydrogen-bond acceptors (Lipinski definition) is 7. The number of carbonyl (C=O) groups excluding carboxylic acids is 1. The topological polar surface area (TPSA) is 77.2 Å². The van der Waals surface area contributed by atoms with Gasteiger partial charge in [-0.1, -0.05) is 53.2 Å². The first kappa shape index (κ1) is 19.4. The molecule has 2 aromatic carbocycles. The van der Waals surface area contributed by atoms with Crippen LogP contribution >= 0.6 is 22.9 Å². The van der Waals surface area contributed by atoms with Crippen molar-refractivity contribution in [2.75, 3.05) is 11.9 Å². The van der Waals surface area contributed by atoms with Crippen molar-refractivity contribution in [2.24, 2.45) is 0 Å². The number of anilines is 2. The van der Waals surface area contributed by atoms with E-state index in [1.165, 1.54) is 16.9 Å². The van der Waals surface area contributed by atoms with E-state index in [0.717, 1.165) is 16.6 Å². The number of aryl methyl sites for hydroxylation is 1. The molecule has 0 fully saturated rings. The van der Waals surface area contributed by atoms with Crippen LogP contribution in [0.25, 0.3) is 21.5 Å². The van der Waals surface area contributed by atoms with Gasteiger partial charge in [0.05, 0.1) is 16.8 Å². The van der Waals surface area contributed by atoms with Gasteiger partial charge in [0.1, 0.15) is 5.69 Å². The van der Waals surface area contributed by atoms with Crippen LogP contribution in [0.5, 0.6) is 0 Å². The van der Waals surface area contributed by atoms with Crippen molar-refractivity contribution < 1.29 is 14.1 Å². The van der Waals surface area contributed by atoms with Gasteiger partial charge in [-0.05, 0) is 43.2 Å². The average Bonchev–Trinajstić information content (AvgIpc) is 3.32. The van der Waals surface area contributed by atoms with E-state index in [-0.39, 0.29) is 18.1 Å². The first-order valence-corrected chi connectivity index (χ1v) is 10.4. The number of aromatic nitrogens is 2. The summed E-state index contributed by atoms with van der Waals surface area (Å²) in [4.78, 5) is 17.2. The summed E-state index contributed by atoms with van der Waals surface area (Å²) in [5, 5.41) is 8.38. The van der Waals surface area contributed by atoms with E-state index in [1.54, 1.807) is 31.2 Å². The largest absolute Gasteiger partial charge is 0.462 e. The summed E-state index contributed by atoms with van der Waals surface area (Å²) in [6.45, 7) is 4.10. The van der Waals surface area contributed by atoms with Crippen molar-refractivity contribution in [1.82, 2.24) is 10.1 Å². The molecule has 2 aromatic heterocycles. The Morgan fingerprint density at radius 1 is 1.21 bits per heavy atom. The monoisotopic (exact) mass is 427 g/mol. The van der Waals surface area contributed by atoms with Gasteiger partial charge < -0.3 is 9.26 Å². The van der Waals surface area contributed by atoms with Crippen LogP contribution in [0.2, 0.25) is 5.02 Å². The number of hydrogen-bond donors (Lipinski definition) is 1. The van der Waals surface area contributed by atoms with Gasteiger partial charge >= 0.3 is 5.97 Å². The molecule has 2 heterocycles. The molecule has 0 aliphatic rings. The Morgan fingerprint density at radius 3 is 2.72 bits per heavy atom. The number of halogens is 1. The third kappa shape index (κ3) is 3.97. The highest BCUT2D eigenvalue weighted by molar-refractivity contribution is 7.22. The van der Waals surface area contributed by atoms with Gasteiger partial charge in [0.25, 0.3) is 0 Å². The van der Waals surface area contributed by atoms with E-state index < -0.39 is 5.97 Å². The third-order valence-corrected chi connectivity index (χ3v) is 5.56. The van der Waals surface area contributed by atoms with Gasteiger partial charge in [0.15, 0.2) is 10.7 Å². The maximum absolute atomic E-state index is 12.6. The lowest BCUT2D eigenvalue weighted by Gasteiger charge is -2.04. The fourth-order valence-electron chi connectivity index (χ4n) is 2.91. The number of carbonyl (C=O) groups is 1. The number of nitrogens with one attached hydrogen (secondary N) is 1. The van der Waals surface area contributed by atoms with Crippen molar-refractivity contribution >= 4 is 50.1 Å². The fraction of sp³-hybridized carbons (Fsp3) is 0.190. The lowest BCUT2D eigenvalue weighted by atomic mass is 10.1. The Kier molecular flexibility index (Phi) is 5.51. The molecule has 0 saturated carbocycles.